The summed E-state index contributed by atoms with van der Waals surface area (Å²) in [6, 6.07) is 9.90. The molecule has 2 rings (SSSR count). The number of carbonyl (C=O) groups excluding carboxylic acids is 1. The molecule has 0 saturated heterocycles. The van der Waals surface area contributed by atoms with Crippen LogP contribution in [-0.4, -0.2) is 29.1 Å². The Hall–Kier alpha value is -1.61. The molecule has 0 aromatic heterocycles. The van der Waals surface area contributed by atoms with Crippen molar-refractivity contribution in [3.63, 3.8) is 0 Å². The minimum absolute atomic E-state index is 0.0126. The molecule has 1 aliphatic rings. The fourth-order valence-corrected chi connectivity index (χ4v) is 2.27. The molecule has 0 aliphatic heterocycles. The summed E-state index contributed by atoms with van der Waals surface area (Å²) in [5.74, 6) is 0.221. The van der Waals surface area contributed by atoms with Gasteiger partial charge in [0.2, 0.25) is 5.91 Å². The van der Waals surface area contributed by atoms with Crippen molar-refractivity contribution in [3.8, 4) is 0 Å². The molecule has 0 radical (unpaired) electrons. The molecule has 0 fully saturated rings. The van der Waals surface area contributed by atoms with Gasteiger partial charge in [0.1, 0.15) is 0 Å². The SMILES string of the molecule is O=C(C1CC=CC1)N(CCO)Cc1ccccc1. The minimum Gasteiger partial charge on any atom is -0.395 e. The summed E-state index contributed by atoms with van der Waals surface area (Å²) < 4.78 is 0. The molecule has 1 aromatic rings. The fraction of sp³-hybridized carbons (Fsp3) is 0.400. The van der Waals surface area contributed by atoms with Gasteiger partial charge >= 0.3 is 0 Å². The number of hydrogen-bond acceptors (Lipinski definition) is 2. The molecule has 0 unspecified atom stereocenters. The highest BCUT2D eigenvalue weighted by Crippen LogP contribution is 2.21. The van der Waals surface area contributed by atoms with E-state index >= 15 is 0 Å². The van der Waals surface area contributed by atoms with Crippen LogP contribution < -0.4 is 0 Å². The van der Waals surface area contributed by atoms with Gasteiger partial charge in [-0.25, -0.2) is 0 Å². The van der Waals surface area contributed by atoms with E-state index < -0.39 is 0 Å². The zero-order valence-corrected chi connectivity index (χ0v) is 10.5. The number of rotatable bonds is 5. The van der Waals surface area contributed by atoms with Gasteiger partial charge in [-0.15, -0.1) is 0 Å². The van der Waals surface area contributed by atoms with E-state index in [0.29, 0.717) is 13.1 Å². The molecule has 1 N–H and O–H groups in total. The van der Waals surface area contributed by atoms with Gasteiger partial charge in [-0.2, -0.15) is 0 Å². The summed E-state index contributed by atoms with van der Waals surface area (Å²) in [6.07, 6.45) is 5.77. The molecule has 0 bridgehead atoms. The van der Waals surface area contributed by atoms with Crippen molar-refractivity contribution in [1.29, 1.82) is 0 Å². The summed E-state index contributed by atoms with van der Waals surface area (Å²) in [6.45, 7) is 1.000. The Morgan fingerprint density at radius 3 is 2.50 bits per heavy atom. The van der Waals surface area contributed by atoms with E-state index in [0.717, 1.165) is 18.4 Å². The lowest BCUT2D eigenvalue weighted by Gasteiger charge is -2.25. The Morgan fingerprint density at radius 1 is 1.22 bits per heavy atom. The number of aliphatic hydroxyl groups is 1. The first-order chi connectivity index (χ1) is 8.81. The average Bonchev–Trinajstić information content (AvgIpc) is 2.92. The van der Waals surface area contributed by atoms with E-state index in [-0.39, 0.29) is 18.4 Å². The maximum atomic E-state index is 12.3. The normalized spacial score (nSPS) is 14.9. The van der Waals surface area contributed by atoms with Gasteiger partial charge in [0, 0.05) is 19.0 Å². The van der Waals surface area contributed by atoms with Crippen molar-refractivity contribution in [3.05, 3.63) is 48.0 Å². The van der Waals surface area contributed by atoms with Crippen LogP contribution in [0.5, 0.6) is 0 Å². The molecule has 1 aromatic carbocycles. The van der Waals surface area contributed by atoms with E-state index in [1.807, 2.05) is 30.3 Å². The largest absolute Gasteiger partial charge is 0.395 e. The van der Waals surface area contributed by atoms with Crippen LogP contribution in [0.25, 0.3) is 0 Å². The maximum Gasteiger partial charge on any atom is 0.226 e. The molecule has 18 heavy (non-hydrogen) atoms. The van der Waals surface area contributed by atoms with Gasteiger partial charge in [0.25, 0.3) is 0 Å². The first-order valence-electron chi connectivity index (χ1n) is 6.40. The van der Waals surface area contributed by atoms with E-state index in [1.54, 1.807) is 4.90 Å². The Bertz CT molecular complexity index is 406. The highest BCUT2D eigenvalue weighted by atomic mass is 16.3. The monoisotopic (exact) mass is 245 g/mol. The molecule has 1 amide bonds. The number of carbonyl (C=O) groups is 1. The van der Waals surface area contributed by atoms with Crippen LogP contribution in [0.1, 0.15) is 18.4 Å². The lowest BCUT2D eigenvalue weighted by atomic mass is 10.1. The molecule has 0 saturated carbocycles. The molecule has 0 atom stereocenters. The molecule has 96 valence electrons. The van der Waals surface area contributed by atoms with Crippen LogP contribution in [0.3, 0.4) is 0 Å². The molecule has 1 aliphatic carbocycles. The third-order valence-electron chi connectivity index (χ3n) is 3.25. The number of nitrogens with zero attached hydrogens (tertiary/aromatic N) is 1. The van der Waals surface area contributed by atoms with Crippen LogP contribution >= 0.6 is 0 Å². The summed E-state index contributed by atoms with van der Waals surface area (Å²) in [7, 11) is 0. The van der Waals surface area contributed by atoms with Gasteiger partial charge in [0.05, 0.1) is 6.61 Å². The van der Waals surface area contributed by atoms with Crippen LogP contribution in [-0.2, 0) is 11.3 Å². The smallest absolute Gasteiger partial charge is 0.226 e. The average molecular weight is 245 g/mol. The Balaban J connectivity index is 2.01. The Labute approximate surface area is 108 Å². The predicted octanol–water partition coefficient (Wildman–Crippen LogP) is 1.97. The maximum absolute atomic E-state index is 12.3. The molecule has 0 heterocycles. The Morgan fingerprint density at radius 2 is 1.89 bits per heavy atom. The van der Waals surface area contributed by atoms with E-state index in [1.165, 1.54) is 0 Å². The van der Waals surface area contributed by atoms with Crippen molar-refractivity contribution in [2.75, 3.05) is 13.2 Å². The van der Waals surface area contributed by atoms with Crippen molar-refractivity contribution in [2.45, 2.75) is 19.4 Å². The van der Waals surface area contributed by atoms with Gasteiger partial charge in [0.15, 0.2) is 0 Å². The number of benzene rings is 1. The lowest BCUT2D eigenvalue weighted by molar-refractivity contribution is -0.136. The first-order valence-corrected chi connectivity index (χ1v) is 6.40. The number of allylic oxidation sites excluding steroid dienone is 2. The van der Waals surface area contributed by atoms with E-state index in [4.69, 9.17) is 5.11 Å². The first kappa shape index (κ1) is 12.8. The molecule has 3 nitrogen and oxygen atoms in total. The number of amides is 1. The molecular weight excluding hydrogens is 226 g/mol. The number of hydrogen-bond donors (Lipinski definition) is 1. The van der Waals surface area contributed by atoms with Crippen molar-refractivity contribution in [1.82, 2.24) is 4.90 Å². The quantitative estimate of drug-likeness (QED) is 0.806. The standard InChI is InChI=1S/C15H19NO2/c17-11-10-16(12-13-6-2-1-3-7-13)15(18)14-8-4-5-9-14/h1-7,14,17H,8-12H2. The van der Waals surface area contributed by atoms with E-state index in [2.05, 4.69) is 12.2 Å². The predicted molar refractivity (Wildman–Crippen MR) is 70.8 cm³/mol. The third kappa shape index (κ3) is 3.20. The third-order valence-corrected chi connectivity index (χ3v) is 3.25. The van der Waals surface area contributed by atoms with Crippen LogP contribution in [0.4, 0.5) is 0 Å². The lowest BCUT2D eigenvalue weighted by Crippen LogP contribution is -2.37. The number of aliphatic hydroxyl groups excluding tert-OH is 1. The van der Waals surface area contributed by atoms with Crippen LogP contribution in [0.2, 0.25) is 0 Å². The molecule has 3 heteroatoms. The molecular formula is C15H19NO2. The Kier molecular flexibility index (Phi) is 4.53. The zero-order chi connectivity index (χ0) is 12.8. The van der Waals surface area contributed by atoms with Crippen molar-refractivity contribution in [2.24, 2.45) is 5.92 Å². The summed E-state index contributed by atoms with van der Waals surface area (Å²) in [4.78, 5) is 14.1. The van der Waals surface area contributed by atoms with Crippen LogP contribution in [0, 0.1) is 5.92 Å². The van der Waals surface area contributed by atoms with Gasteiger partial charge in [-0.1, -0.05) is 42.5 Å². The van der Waals surface area contributed by atoms with Crippen molar-refractivity contribution < 1.29 is 9.90 Å². The summed E-state index contributed by atoms with van der Waals surface area (Å²) in [5.41, 5.74) is 1.10. The van der Waals surface area contributed by atoms with E-state index in [9.17, 15) is 4.79 Å². The second kappa shape index (κ2) is 6.36. The zero-order valence-electron chi connectivity index (χ0n) is 10.5. The van der Waals surface area contributed by atoms with Gasteiger partial charge in [-0.05, 0) is 18.4 Å². The molecule has 0 spiro atoms. The second-order valence-corrected chi connectivity index (χ2v) is 4.61. The highest BCUT2D eigenvalue weighted by molar-refractivity contribution is 5.79. The van der Waals surface area contributed by atoms with Crippen molar-refractivity contribution >= 4 is 5.91 Å². The second-order valence-electron chi connectivity index (χ2n) is 4.61. The van der Waals surface area contributed by atoms with Crippen LogP contribution in [0.15, 0.2) is 42.5 Å². The van der Waals surface area contributed by atoms with Gasteiger partial charge in [-0.3, -0.25) is 4.79 Å². The highest BCUT2D eigenvalue weighted by Gasteiger charge is 2.24. The van der Waals surface area contributed by atoms with Gasteiger partial charge < -0.3 is 10.0 Å². The summed E-state index contributed by atoms with van der Waals surface area (Å²) >= 11 is 0. The summed E-state index contributed by atoms with van der Waals surface area (Å²) in [5, 5.41) is 9.10. The minimum atomic E-state index is 0.0126. The fourth-order valence-electron chi connectivity index (χ4n) is 2.27. The topological polar surface area (TPSA) is 40.5 Å².